The summed E-state index contributed by atoms with van der Waals surface area (Å²) in [5, 5.41) is 52.8. The molecule has 6 N–H and O–H groups in total. The van der Waals surface area contributed by atoms with Crippen LogP contribution in [0.15, 0.2) is 0 Å². The summed E-state index contributed by atoms with van der Waals surface area (Å²) >= 11 is 0. The largest absolute Gasteiger partial charge is 0.481 e. The van der Waals surface area contributed by atoms with Gasteiger partial charge in [-0.1, -0.05) is 90.9 Å². The number of ketones is 1. The molecule has 0 saturated carbocycles. The molecule has 0 aliphatic heterocycles. The molecule has 0 unspecified atom stereocenters. The first-order valence-electron chi connectivity index (χ1n) is 12.6. The number of carbonyl (C=O) groups excluding carboxylic acids is 1. The van der Waals surface area contributed by atoms with Crippen molar-refractivity contribution in [2.45, 2.75) is 135 Å². The van der Waals surface area contributed by atoms with Gasteiger partial charge in [0.15, 0.2) is 5.78 Å². The standard InChI is InChI=1S/C18H36O2.C7H14O6/c1-17(2)15-13-11-9-7-5-3-4-6-8-10-12-14-16-18(19)20;1-3(9)5(11)7(13)6(12)4(10)2-8/h17H,3-16H2,1-2H3,(H,19,20);4-8,10-13H,2H2,1H3/t;4-,5+,6-,7-/m.1/s1. The van der Waals surface area contributed by atoms with Gasteiger partial charge in [-0.15, -0.1) is 0 Å². The predicted octanol–water partition coefficient (Wildman–Crippen LogP) is 3.20. The molecule has 0 fully saturated rings. The summed E-state index contributed by atoms with van der Waals surface area (Å²) in [5.41, 5.74) is 0. The Morgan fingerprint density at radius 1 is 0.667 bits per heavy atom. The lowest BCUT2D eigenvalue weighted by Crippen LogP contribution is -2.48. The zero-order chi connectivity index (χ0) is 25.6. The molecule has 0 bridgehead atoms. The lowest BCUT2D eigenvalue weighted by molar-refractivity contribution is -0.145. The van der Waals surface area contributed by atoms with Gasteiger partial charge in [0.2, 0.25) is 0 Å². The fourth-order valence-electron chi connectivity index (χ4n) is 3.36. The van der Waals surface area contributed by atoms with Gasteiger partial charge in [0.05, 0.1) is 6.61 Å². The summed E-state index contributed by atoms with van der Waals surface area (Å²) in [6.07, 6.45) is 10.5. The fourth-order valence-corrected chi connectivity index (χ4v) is 3.36. The van der Waals surface area contributed by atoms with E-state index in [1.807, 2.05) is 0 Å². The average molecular weight is 479 g/mol. The van der Waals surface area contributed by atoms with Gasteiger partial charge in [-0.3, -0.25) is 9.59 Å². The minimum Gasteiger partial charge on any atom is -0.481 e. The number of rotatable bonds is 20. The first-order valence-corrected chi connectivity index (χ1v) is 12.6. The second kappa shape index (κ2) is 22.7. The van der Waals surface area contributed by atoms with Gasteiger partial charge in [0.1, 0.15) is 24.4 Å². The maximum absolute atomic E-state index is 10.5. The maximum atomic E-state index is 10.5. The Kier molecular flexibility index (Phi) is 23.5. The van der Waals surface area contributed by atoms with Gasteiger partial charge in [-0.25, -0.2) is 0 Å². The Labute approximate surface area is 200 Å². The van der Waals surface area contributed by atoms with Gasteiger partial charge in [0.25, 0.3) is 0 Å². The number of hydrogen-bond donors (Lipinski definition) is 6. The third-order valence-electron chi connectivity index (χ3n) is 5.59. The van der Waals surface area contributed by atoms with Gasteiger partial charge in [-0.05, 0) is 19.3 Å². The molecule has 0 spiro atoms. The molecule has 0 radical (unpaired) electrons. The molecule has 8 heteroatoms. The molecule has 4 atom stereocenters. The van der Waals surface area contributed by atoms with Crippen LogP contribution in [0.2, 0.25) is 0 Å². The van der Waals surface area contributed by atoms with Crippen LogP contribution in [0.4, 0.5) is 0 Å². The van der Waals surface area contributed by atoms with Crippen LogP contribution in [0.5, 0.6) is 0 Å². The molecule has 0 rings (SSSR count). The van der Waals surface area contributed by atoms with Gasteiger partial charge in [-0.2, -0.15) is 0 Å². The smallest absolute Gasteiger partial charge is 0.303 e. The van der Waals surface area contributed by atoms with E-state index in [0.29, 0.717) is 6.42 Å². The van der Waals surface area contributed by atoms with Crippen molar-refractivity contribution >= 4 is 11.8 Å². The van der Waals surface area contributed by atoms with Crippen molar-refractivity contribution in [2.24, 2.45) is 5.92 Å². The van der Waals surface area contributed by atoms with Crippen molar-refractivity contribution in [3.05, 3.63) is 0 Å². The molecule has 198 valence electrons. The Balaban J connectivity index is 0. The van der Waals surface area contributed by atoms with Crippen molar-refractivity contribution in [3.8, 4) is 0 Å². The van der Waals surface area contributed by atoms with E-state index in [1.165, 1.54) is 70.6 Å². The Bertz CT molecular complexity index is 469. The molecule has 0 heterocycles. The molecule has 0 amide bonds. The predicted molar refractivity (Wildman–Crippen MR) is 129 cm³/mol. The molecule has 0 aromatic rings. The maximum Gasteiger partial charge on any atom is 0.303 e. The van der Waals surface area contributed by atoms with Crippen LogP contribution in [-0.2, 0) is 9.59 Å². The zero-order valence-corrected chi connectivity index (χ0v) is 21.0. The van der Waals surface area contributed by atoms with E-state index in [1.54, 1.807) is 0 Å². The van der Waals surface area contributed by atoms with Crippen molar-refractivity contribution in [3.63, 3.8) is 0 Å². The fraction of sp³-hybridized carbons (Fsp3) is 0.920. The highest BCUT2D eigenvalue weighted by molar-refractivity contribution is 5.80. The second-order valence-corrected chi connectivity index (χ2v) is 9.36. The highest BCUT2D eigenvalue weighted by Crippen LogP contribution is 2.14. The van der Waals surface area contributed by atoms with E-state index in [-0.39, 0.29) is 0 Å². The minimum absolute atomic E-state index is 0.344. The SMILES string of the molecule is CC(=O)[C@H](O)[C@@H](O)[C@H](O)[C@H](O)CO.CC(C)CCCCCCCCCCCCCCC(=O)O. The Morgan fingerprint density at radius 2 is 1.06 bits per heavy atom. The highest BCUT2D eigenvalue weighted by atomic mass is 16.4. The van der Waals surface area contributed by atoms with Crippen LogP contribution in [-0.4, -0.2) is 73.4 Å². The molecule has 0 aliphatic rings. The normalized spacial score (nSPS) is 14.8. The van der Waals surface area contributed by atoms with Crippen LogP contribution < -0.4 is 0 Å². The Hall–Kier alpha value is -1.06. The number of unbranched alkanes of at least 4 members (excludes halogenated alkanes) is 11. The number of aliphatic hydroxyl groups is 5. The first kappa shape index (κ1) is 34.1. The van der Waals surface area contributed by atoms with Crippen LogP contribution in [0.25, 0.3) is 0 Å². The van der Waals surface area contributed by atoms with E-state index in [4.69, 9.17) is 30.6 Å². The third kappa shape index (κ3) is 22.5. The van der Waals surface area contributed by atoms with Crippen molar-refractivity contribution in [1.82, 2.24) is 0 Å². The highest BCUT2D eigenvalue weighted by Gasteiger charge is 2.32. The topological polar surface area (TPSA) is 156 Å². The van der Waals surface area contributed by atoms with Crippen molar-refractivity contribution in [2.75, 3.05) is 6.61 Å². The Morgan fingerprint density at radius 3 is 1.39 bits per heavy atom. The van der Waals surface area contributed by atoms with Crippen LogP contribution in [0.1, 0.15) is 111 Å². The number of carboxylic acids is 1. The van der Waals surface area contributed by atoms with Gasteiger partial charge >= 0.3 is 5.97 Å². The number of hydrogen-bond acceptors (Lipinski definition) is 7. The van der Waals surface area contributed by atoms with E-state index >= 15 is 0 Å². The molecule has 8 nitrogen and oxygen atoms in total. The summed E-state index contributed by atoms with van der Waals surface area (Å²) in [7, 11) is 0. The summed E-state index contributed by atoms with van der Waals surface area (Å²) in [6, 6.07) is 0. The molecule has 0 saturated heterocycles. The monoisotopic (exact) mass is 478 g/mol. The van der Waals surface area contributed by atoms with Crippen LogP contribution in [0, 0.1) is 5.92 Å². The molecule has 0 aliphatic carbocycles. The third-order valence-corrected chi connectivity index (χ3v) is 5.59. The van der Waals surface area contributed by atoms with Crippen LogP contribution in [0.3, 0.4) is 0 Å². The van der Waals surface area contributed by atoms with Gasteiger partial charge in [0, 0.05) is 6.42 Å². The lowest BCUT2D eigenvalue weighted by atomic mass is 10.0. The van der Waals surface area contributed by atoms with E-state index in [0.717, 1.165) is 25.7 Å². The number of Topliss-reactive ketones (excluding diaryl/α,β-unsaturated/α-hetero) is 1. The molecular weight excluding hydrogens is 428 g/mol. The second-order valence-electron chi connectivity index (χ2n) is 9.36. The number of aliphatic carboxylic acids is 1. The molecule has 33 heavy (non-hydrogen) atoms. The average Bonchev–Trinajstić information content (AvgIpc) is 2.77. The molecule has 0 aromatic heterocycles. The zero-order valence-electron chi connectivity index (χ0n) is 21.0. The quantitative estimate of drug-likeness (QED) is 0.146. The van der Waals surface area contributed by atoms with Gasteiger partial charge < -0.3 is 30.6 Å². The van der Waals surface area contributed by atoms with E-state index in [2.05, 4.69) is 13.8 Å². The molecular formula is C25H50O8. The number of carbonyl (C=O) groups is 2. The summed E-state index contributed by atoms with van der Waals surface area (Å²) < 4.78 is 0. The summed E-state index contributed by atoms with van der Waals surface area (Å²) in [6.45, 7) is 4.89. The lowest BCUT2D eigenvalue weighted by Gasteiger charge is -2.23. The summed E-state index contributed by atoms with van der Waals surface area (Å²) in [5.74, 6) is -0.513. The minimum atomic E-state index is -1.79. The molecule has 0 aromatic carbocycles. The van der Waals surface area contributed by atoms with E-state index < -0.39 is 42.8 Å². The number of aliphatic hydroxyl groups excluding tert-OH is 5. The summed E-state index contributed by atoms with van der Waals surface area (Å²) in [4.78, 5) is 20.9. The first-order chi connectivity index (χ1) is 15.5. The van der Waals surface area contributed by atoms with Crippen molar-refractivity contribution < 1.29 is 40.2 Å². The number of carboxylic acid groups (broad SMARTS) is 1. The van der Waals surface area contributed by atoms with Crippen LogP contribution >= 0.6 is 0 Å². The van der Waals surface area contributed by atoms with E-state index in [9.17, 15) is 9.59 Å². The van der Waals surface area contributed by atoms with Crippen molar-refractivity contribution in [1.29, 1.82) is 0 Å².